The molecule has 0 aliphatic rings. The van der Waals surface area contributed by atoms with Crippen LogP contribution in [0.15, 0.2) is 67.3 Å². The lowest BCUT2D eigenvalue weighted by Crippen LogP contribution is -1.99. The van der Waals surface area contributed by atoms with Crippen LogP contribution < -0.4 is 0 Å². The van der Waals surface area contributed by atoms with Crippen LogP contribution in [-0.4, -0.2) is 0 Å². The van der Waals surface area contributed by atoms with E-state index < -0.39 is 0 Å². The standard InChI is InChI=1S/C26H32/c1-7-8-9-10-13-20(4)24-16-17-25(22(6)21(24)5)26-15-12-11-14-23(26)18-19(2)3/h8-17,19H,4,7,18H2,1-3,5-6H3/b9-8-,13-10-. The molecule has 0 N–H and O–H groups in total. The first kappa shape index (κ1) is 20.0. The molecule has 0 fully saturated rings. The highest BCUT2D eigenvalue weighted by Gasteiger charge is 2.12. The number of hydrogen-bond donors (Lipinski definition) is 0. The van der Waals surface area contributed by atoms with Crippen molar-refractivity contribution in [2.24, 2.45) is 5.92 Å². The van der Waals surface area contributed by atoms with E-state index in [4.69, 9.17) is 0 Å². The van der Waals surface area contributed by atoms with Gasteiger partial charge < -0.3 is 0 Å². The second-order valence-corrected chi connectivity index (χ2v) is 7.39. The summed E-state index contributed by atoms with van der Waals surface area (Å²) in [6, 6.07) is 13.3. The Labute approximate surface area is 160 Å². The first-order valence-corrected chi connectivity index (χ1v) is 9.66. The first-order chi connectivity index (χ1) is 12.5. The monoisotopic (exact) mass is 344 g/mol. The van der Waals surface area contributed by atoms with E-state index in [0.29, 0.717) is 5.92 Å². The van der Waals surface area contributed by atoms with Crippen molar-refractivity contribution in [2.45, 2.75) is 47.5 Å². The molecule has 0 amide bonds. The largest absolute Gasteiger partial charge is 0.0911 e. The Morgan fingerprint density at radius 3 is 2.38 bits per heavy atom. The average Bonchev–Trinajstić information content (AvgIpc) is 2.61. The van der Waals surface area contributed by atoms with Crippen LogP contribution in [0.5, 0.6) is 0 Å². The Kier molecular flexibility index (Phi) is 7.21. The zero-order valence-electron chi connectivity index (χ0n) is 17.0. The van der Waals surface area contributed by atoms with Crippen LogP contribution in [0.4, 0.5) is 0 Å². The quantitative estimate of drug-likeness (QED) is 0.451. The number of allylic oxidation sites excluding steroid dienone is 5. The SMILES string of the molecule is C=C(/C=C\C=C/CC)c1ccc(-c2ccccc2CC(C)C)c(C)c1C. The van der Waals surface area contributed by atoms with Crippen LogP contribution >= 0.6 is 0 Å². The molecule has 0 bridgehead atoms. The van der Waals surface area contributed by atoms with Crippen molar-refractivity contribution in [3.05, 3.63) is 89.5 Å². The molecule has 0 radical (unpaired) electrons. The number of rotatable bonds is 7. The maximum absolute atomic E-state index is 4.26. The predicted octanol–water partition coefficient (Wildman–Crippen LogP) is 7.70. The van der Waals surface area contributed by atoms with E-state index in [1.54, 1.807) is 0 Å². The minimum Gasteiger partial charge on any atom is -0.0911 e. The molecule has 136 valence electrons. The van der Waals surface area contributed by atoms with Gasteiger partial charge in [0, 0.05) is 0 Å². The fourth-order valence-electron chi connectivity index (χ4n) is 3.34. The zero-order chi connectivity index (χ0) is 19.1. The maximum Gasteiger partial charge on any atom is -0.0149 e. The molecule has 2 rings (SSSR count). The molecule has 0 spiro atoms. The lowest BCUT2D eigenvalue weighted by Gasteiger charge is -2.17. The van der Waals surface area contributed by atoms with Gasteiger partial charge in [-0.3, -0.25) is 0 Å². The molecule has 2 aromatic rings. The second kappa shape index (κ2) is 9.38. The highest BCUT2D eigenvalue weighted by atomic mass is 14.2. The molecule has 0 saturated carbocycles. The molecule has 0 nitrogen and oxygen atoms in total. The third kappa shape index (κ3) is 4.85. The van der Waals surface area contributed by atoms with Crippen LogP contribution in [0, 0.1) is 19.8 Å². The normalized spacial score (nSPS) is 11.8. The summed E-state index contributed by atoms with van der Waals surface area (Å²) >= 11 is 0. The van der Waals surface area contributed by atoms with Crippen LogP contribution in [0.25, 0.3) is 16.7 Å². The third-order valence-corrected chi connectivity index (χ3v) is 4.85. The molecule has 0 saturated heterocycles. The lowest BCUT2D eigenvalue weighted by molar-refractivity contribution is 0.648. The van der Waals surface area contributed by atoms with Gasteiger partial charge in [-0.15, -0.1) is 0 Å². The van der Waals surface area contributed by atoms with Crippen molar-refractivity contribution in [1.82, 2.24) is 0 Å². The minimum atomic E-state index is 0.651. The van der Waals surface area contributed by atoms with Crippen molar-refractivity contribution in [3.63, 3.8) is 0 Å². The number of hydrogen-bond acceptors (Lipinski definition) is 0. The molecule has 2 aromatic carbocycles. The molecule has 0 heteroatoms. The summed E-state index contributed by atoms with van der Waals surface area (Å²) in [5, 5.41) is 0. The van der Waals surface area contributed by atoms with Crippen molar-refractivity contribution in [2.75, 3.05) is 0 Å². The van der Waals surface area contributed by atoms with E-state index in [9.17, 15) is 0 Å². The van der Waals surface area contributed by atoms with E-state index in [2.05, 4.69) is 102 Å². The van der Waals surface area contributed by atoms with Crippen LogP contribution in [0.2, 0.25) is 0 Å². The summed E-state index contributed by atoms with van der Waals surface area (Å²) in [7, 11) is 0. The van der Waals surface area contributed by atoms with Gasteiger partial charge in [0.05, 0.1) is 0 Å². The lowest BCUT2D eigenvalue weighted by atomic mass is 9.87. The Balaban J connectivity index is 2.41. The highest BCUT2D eigenvalue weighted by Crippen LogP contribution is 2.33. The molecule has 0 atom stereocenters. The van der Waals surface area contributed by atoms with Gasteiger partial charge in [-0.25, -0.2) is 0 Å². The van der Waals surface area contributed by atoms with Gasteiger partial charge in [-0.2, -0.15) is 0 Å². The van der Waals surface area contributed by atoms with E-state index in [1.165, 1.54) is 33.4 Å². The third-order valence-electron chi connectivity index (χ3n) is 4.85. The summed E-state index contributed by atoms with van der Waals surface area (Å²) < 4.78 is 0. The molecule has 0 aliphatic carbocycles. The Morgan fingerprint density at radius 1 is 0.962 bits per heavy atom. The molecule has 26 heavy (non-hydrogen) atoms. The first-order valence-electron chi connectivity index (χ1n) is 9.66. The number of benzene rings is 2. The van der Waals surface area contributed by atoms with Gasteiger partial charge in [0.1, 0.15) is 0 Å². The zero-order valence-corrected chi connectivity index (χ0v) is 17.0. The predicted molar refractivity (Wildman–Crippen MR) is 117 cm³/mol. The summed E-state index contributed by atoms with van der Waals surface area (Å²) in [6.07, 6.45) is 10.6. The van der Waals surface area contributed by atoms with Crippen molar-refractivity contribution in [3.8, 4) is 11.1 Å². The van der Waals surface area contributed by atoms with E-state index >= 15 is 0 Å². The van der Waals surface area contributed by atoms with E-state index in [1.807, 2.05) is 0 Å². The van der Waals surface area contributed by atoms with Gasteiger partial charge in [0.2, 0.25) is 0 Å². The van der Waals surface area contributed by atoms with Gasteiger partial charge in [0.15, 0.2) is 0 Å². The van der Waals surface area contributed by atoms with Gasteiger partial charge >= 0.3 is 0 Å². The summed E-state index contributed by atoms with van der Waals surface area (Å²) in [6.45, 7) is 15.4. The van der Waals surface area contributed by atoms with Crippen molar-refractivity contribution >= 4 is 5.57 Å². The molecule has 0 aliphatic heterocycles. The minimum absolute atomic E-state index is 0.651. The Hall–Kier alpha value is -2.34. The van der Waals surface area contributed by atoms with E-state index in [0.717, 1.165) is 18.4 Å². The molecule has 0 heterocycles. The van der Waals surface area contributed by atoms with Gasteiger partial charge in [-0.05, 0) is 71.6 Å². The topological polar surface area (TPSA) is 0 Å². The summed E-state index contributed by atoms with van der Waals surface area (Å²) in [4.78, 5) is 0. The van der Waals surface area contributed by atoms with Gasteiger partial charge in [0.25, 0.3) is 0 Å². The fraction of sp³-hybridized carbons (Fsp3) is 0.308. The van der Waals surface area contributed by atoms with Gasteiger partial charge in [-0.1, -0.05) is 88.1 Å². The second-order valence-electron chi connectivity index (χ2n) is 7.39. The maximum atomic E-state index is 4.26. The molecule has 0 aromatic heterocycles. The average molecular weight is 345 g/mol. The smallest absolute Gasteiger partial charge is 0.0149 e. The van der Waals surface area contributed by atoms with Crippen LogP contribution in [-0.2, 0) is 6.42 Å². The van der Waals surface area contributed by atoms with Crippen molar-refractivity contribution < 1.29 is 0 Å². The summed E-state index contributed by atoms with van der Waals surface area (Å²) in [5.41, 5.74) is 9.09. The van der Waals surface area contributed by atoms with Crippen molar-refractivity contribution in [1.29, 1.82) is 0 Å². The molecular formula is C26H32. The molecule has 0 unspecified atom stereocenters. The van der Waals surface area contributed by atoms with Crippen LogP contribution in [0.1, 0.15) is 49.4 Å². The fourth-order valence-corrected chi connectivity index (χ4v) is 3.34. The summed E-state index contributed by atoms with van der Waals surface area (Å²) in [5.74, 6) is 0.651. The highest BCUT2D eigenvalue weighted by molar-refractivity contribution is 5.80. The molecular weight excluding hydrogens is 312 g/mol. The Morgan fingerprint density at radius 2 is 1.69 bits per heavy atom. The van der Waals surface area contributed by atoms with Crippen LogP contribution in [0.3, 0.4) is 0 Å². The Bertz CT molecular complexity index is 816. The van der Waals surface area contributed by atoms with E-state index in [-0.39, 0.29) is 0 Å².